The highest BCUT2D eigenvalue weighted by molar-refractivity contribution is 5.46. The number of nitrogens with zero attached hydrogens (tertiary/aromatic N) is 2. The number of aliphatic hydroxyl groups is 1. The summed E-state index contributed by atoms with van der Waals surface area (Å²) < 4.78 is 0. The number of nitrogens with one attached hydrogen (secondary N) is 1. The standard InChI is InChI=1S/C14H25N3O/c1-5-8-15-10-12-7-6-9-16-13(12)17(4)11-14(2,3)18/h6-7,9,15,18H,5,8,10-11H2,1-4H3. The summed E-state index contributed by atoms with van der Waals surface area (Å²) in [6.45, 7) is 8.14. The van der Waals surface area contributed by atoms with Gasteiger partial charge in [0.2, 0.25) is 0 Å². The number of rotatable bonds is 7. The Morgan fingerprint density at radius 3 is 2.78 bits per heavy atom. The van der Waals surface area contributed by atoms with Gasteiger partial charge in [-0.1, -0.05) is 13.0 Å². The zero-order valence-corrected chi connectivity index (χ0v) is 11.9. The molecule has 1 heterocycles. The van der Waals surface area contributed by atoms with E-state index < -0.39 is 5.60 Å². The van der Waals surface area contributed by atoms with Gasteiger partial charge in [0.1, 0.15) is 5.82 Å². The molecule has 1 rings (SSSR count). The summed E-state index contributed by atoms with van der Waals surface area (Å²) in [4.78, 5) is 6.42. The van der Waals surface area contributed by atoms with E-state index in [0.29, 0.717) is 6.54 Å². The first-order valence-corrected chi connectivity index (χ1v) is 6.52. The number of pyridine rings is 1. The molecule has 1 aromatic heterocycles. The molecule has 0 saturated heterocycles. The fourth-order valence-corrected chi connectivity index (χ4v) is 1.97. The molecule has 4 heteroatoms. The Hall–Kier alpha value is -1.13. The Labute approximate surface area is 110 Å². The largest absolute Gasteiger partial charge is 0.389 e. The predicted molar refractivity (Wildman–Crippen MR) is 75.8 cm³/mol. The lowest BCUT2D eigenvalue weighted by molar-refractivity contribution is 0.0884. The lowest BCUT2D eigenvalue weighted by Crippen LogP contribution is -2.37. The fraction of sp³-hybridized carbons (Fsp3) is 0.643. The molecule has 0 aliphatic rings. The van der Waals surface area contributed by atoms with Gasteiger partial charge in [-0.15, -0.1) is 0 Å². The zero-order chi connectivity index (χ0) is 13.6. The molecule has 0 radical (unpaired) electrons. The minimum absolute atomic E-state index is 0.560. The molecule has 0 saturated carbocycles. The summed E-state index contributed by atoms with van der Waals surface area (Å²) >= 11 is 0. The van der Waals surface area contributed by atoms with Crippen molar-refractivity contribution in [2.75, 3.05) is 25.0 Å². The highest BCUT2D eigenvalue weighted by atomic mass is 16.3. The summed E-state index contributed by atoms with van der Waals surface area (Å²) in [5.41, 5.74) is 0.443. The van der Waals surface area contributed by atoms with Gasteiger partial charge in [-0.25, -0.2) is 4.98 Å². The molecule has 102 valence electrons. The van der Waals surface area contributed by atoms with Gasteiger partial charge in [0.05, 0.1) is 5.60 Å². The van der Waals surface area contributed by atoms with Crippen molar-refractivity contribution in [2.24, 2.45) is 0 Å². The Bertz CT molecular complexity index is 360. The Balaban J connectivity index is 2.74. The lowest BCUT2D eigenvalue weighted by atomic mass is 10.1. The van der Waals surface area contributed by atoms with Crippen LogP contribution in [0.25, 0.3) is 0 Å². The van der Waals surface area contributed by atoms with Gasteiger partial charge in [0, 0.05) is 31.9 Å². The first-order chi connectivity index (χ1) is 8.44. The number of likely N-dealkylation sites (N-methyl/N-ethyl adjacent to an activating group) is 1. The van der Waals surface area contributed by atoms with Crippen LogP contribution in [-0.2, 0) is 6.54 Å². The van der Waals surface area contributed by atoms with Crippen LogP contribution < -0.4 is 10.2 Å². The molecule has 0 amide bonds. The maximum absolute atomic E-state index is 9.87. The minimum Gasteiger partial charge on any atom is -0.389 e. The van der Waals surface area contributed by atoms with Gasteiger partial charge in [-0.05, 0) is 32.9 Å². The monoisotopic (exact) mass is 251 g/mol. The fourth-order valence-electron chi connectivity index (χ4n) is 1.97. The molecule has 0 spiro atoms. The molecule has 2 N–H and O–H groups in total. The van der Waals surface area contributed by atoms with Crippen molar-refractivity contribution < 1.29 is 5.11 Å². The number of hydrogen-bond acceptors (Lipinski definition) is 4. The second-order valence-electron chi connectivity index (χ2n) is 5.33. The van der Waals surface area contributed by atoms with E-state index in [4.69, 9.17) is 0 Å². The zero-order valence-electron chi connectivity index (χ0n) is 11.9. The first kappa shape index (κ1) is 14.9. The highest BCUT2D eigenvalue weighted by Gasteiger charge is 2.18. The smallest absolute Gasteiger partial charge is 0.132 e. The van der Waals surface area contributed by atoms with Crippen LogP contribution in [0.4, 0.5) is 5.82 Å². The van der Waals surface area contributed by atoms with Crippen LogP contribution >= 0.6 is 0 Å². The van der Waals surface area contributed by atoms with Gasteiger partial charge in [0.25, 0.3) is 0 Å². The maximum atomic E-state index is 9.87. The van der Waals surface area contributed by atoms with Crippen LogP contribution in [0.1, 0.15) is 32.8 Å². The van der Waals surface area contributed by atoms with Gasteiger partial charge in [-0.3, -0.25) is 0 Å². The molecule has 0 bridgehead atoms. The lowest BCUT2D eigenvalue weighted by Gasteiger charge is -2.27. The maximum Gasteiger partial charge on any atom is 0.132 e. The quantitative estimate of drug-likeness (QED) is 0.725. The SMILES string of the molecule is CCCNCc1cccnc1N(C)CC(C)(C)O. The second-order valence-corrected chi connectivity index (χ2v) is 5.33. The number of hydrogen-bond donors (Lipinski definition) is 2. The number of anilines is 1. The highest BCUT2D eigenvalue weighted by Crippen LogP contribution is 2.17. The van der Waals surface area contributed by atoms with Crippen molar-refractivity contribution in [3.63, 3.8) is 0 Å². The molecular weight excluding hydrogens is 226 g/mol. The molecular formula is C14H25N3O. The third-order valence-corrected chi connectivity index (χ3v) is 2.60. The van der Waals surface area contributed by atoms with Crippen LogP contribution in [0, 0.1) is 0 Å². The van der Waals surface area contributed by atoms with Crippen molar-refractivity contribution >= 4 is 5.82 Å². The molecule has 0 atom stereocenters. The van der Waals surface area contributed by atoms with Gasteiger partial charge in [0.15, 0.2) is 0 Å². The van der Waals surface area contributed by atoms with E-state index >= 15 is 0 Å². The molecule has 0 aromatic carbocycles. The van der Waals surface area contributed by atoms with E-state index in [1.807, 2.05) is 18.0 Å². The first-order valence-electron chi connectivity index (χ1n) is 6.52. The van der Waals surface area contributed by atoms with Crippen LogP contribution in [0.15, 0.2) is 18.3 Å². The van der Waals surface area contributed by atoms with Crippen molar-refractivity contribution in [3.05, 3.63) is 23.9 Å². The molecule has 0 fully saturated rings. The van der Waals surface area contributed by atoms with Crippen LogP contribution in [0.2, 0.25) is 0 Å². The van der Waals surface area contributed by atoms with E-state index in [-0.39, 0.29) is 0 Å². The molecule has 1 aromatic rings. The van der Waals surface area contributed by atoms with Crippen molar-refractivity contribution in [1.29, 1.82) is 0 Å². The van der Waals surface area contributed by atoms with Gasteiger partial charge >= 0.3 is 0 Å². The number of aromatic nitrogens is 1. The summed E-state index contributed by atoms with van der Waals surface area (Å²) in [5, 5.41) is 13.2. The van der Waals surface area contributed by atoms with E-state index in [0.717, 1.165) is 30.9 Å². The van der Waals surface area contributed by atoms with E-state index in [1.54, 1.807) is 20.0 Å². The van der Waals surface area contributed by atoms with Gasteiger partial charge in [-0.2, -0.15) is 0 Å². The van der Waals surface area contributed by atoms with Crippen molar-refractivity contribution in [1.82, 2.24) is 10.3 Å². The van der Waals surface area contributed by atoms with Gasteiger partial charge < -0.3 is 15.3 Å². The predicted octanol–water partition coefficient (Wildman–Crippen LogP) is 1.79. The molecule has 0 aliphatic heterocycles. The van der Waals surface area contributed by atoms with E-state index in [9.17, 15) is 5.11 Å². The summed E-state index contributed by atoms with van der Waals surface area (Å²) in [5.74, 6) is 0.934. The minimum atomic E-state index is -0.722. The summed E-state index contributed by atoms with van der Waals surface area (Å²) in [6.07, 6.45) is 2.91. The second kappa shape index (κ2) is 6.71. The Morgan fingerprint density at radius 2 is 2.17 bits per heavy atom. The Morgan fingerprint density at radius 1 is 1.44 bits per heavy atom. The van der Waals surface area contributed by atoms with Crippen LogP contribution in [0.5, 0.6) is 0 Å². The topological polar surface area (TPSA) is 48.4 Å². The summed E-state index contributed by atoms with van der Waals surface area (Å²) in [7, 11) is 1.96. The molecule has 0 unspecified atom stereocenters. The van der Waals surface area contributed by atoms with Crippen LogP contribution in [-0.4, -0.2) is 35.8 Å². The molecule has 0 aliphatic carbocycles. The normalized spacial score (nSPS) is 11.6. The van der Waals surface area contributed by atoms with Crippen molar-refractivity contribution in [2.45, 2.75) is 39.3 Å². The average molecular weight is 251 g/mol. The molecule has 4 nitrogen and oxygen atoms in total. The third kappa shape index (κ3) is 5.02. The van der Waals surface area contributed by atoms with E-state index in [2.05, 4.69) is 23.3 Å². The summed E-state index contributed by atoms with van der Waals surface area (Å²) in [6, 6.07) is 4.02. The average Bonchev–Trinajstić information content (AvgIpc) is 2.27. The molecule has 18 heavy (non-hydrogen) atoms. The Kier molecular flexibility index (Phi) is 5.56. The van der Waals surface area contributed by atoms with E-state index in [1.165, 1.54) is 0 Å². The van der Waals surface area contributed by atoms with Crippen LogP contribution in [0.3, 0.4) is 0 Å². The third-order valence-electron chi connectivity index (χ3n) is 2.60. The van der Waals surface area contributed by atoms with Crippen molar-refractivity contribution in [3.8, 4) is 0 Å².